The van der Waals surface area contributed by atoms with Crippen LogP contribution in [0, 0.1) is 11.6 Å². The molecule has 0 aliphatic rings. The highest BCUT2D eigenvalue weighted by molar-refractivity contribution is 7.09. The van der Waals surface area contributed by atoms with Crippen LogP contribution in [0.3, 0.4) is 0 Å². The Labute approximate surface area is 183 Å². The van der Waals surface area contributed by atoms with Gasteiger partial charge in [0, 0.05) is 17.0 Å². The molecule has 31 heavy (non-hydrogen) atoms. The van der Waals surface area contributed by atoms with Gasteiger partial charge in [0.15, 0.2) is 11.5 Å². The zero-order valence-corrected chi connectivity index (χ0v) is 18.0. The summed E-state index contributed by atoms with van der Waals surface area (Å²) in [6.45, 7) is 0.151. The van der Waals surface area contributed by atoms with Crippen molar-refractivity contribution in [2.75, 3.05) is 26.2 Å². The Morgan fingerprint density at radius 3 is 2.29 bits per heavy atom. The van der Waals surface area contributed by atoms with Gasteiger partial charge in [-0.05, 0) is 47.4 Å². The maximum Gasteiger partial charge on any atom is 0.251 e. The number of amides is 1. The first-order valence-electron chi connectivity index (χ1n) is 9.23. The molecule has 0 radical (unpaired) electrons. The fourth-order valence-corrected chi connectivity index (χ4v) is 3.69. The Bertz CT molecular complexity index is 1060. The summed E-state index contributed by atoms with van der Waals surface area (Å²) in [5.41, 5.74) is 0.618. The van der Waals surface area contributed by atoms with Crippen molar-refractivity contribution in [2.45, 2.75) is 6.54 Å². The number of rotatable bonds is 8. The van der Waals surface area contributed by atoms with Gasteiger partial charge in [-0.3, -0.25) is 4.79 Å². The molecule has 0 aliphatic heterocycles. The van der Waals surface area contributed by atoms with Crippen molar-refractivity contribution >= 4 is 29.0 Å². The number of hydrogen-bond donors (Lipinski definition) is 0. The Hall–Kier alpha value is -3.39. The molecule has 162 valence electrons. The summed E-state index contributed by atoms with van der Waals surface area (Å²) in [5.74, 6) is -0.680. The number of benzene rings is 2. The van der Waals surface area contributed by atoms with Crippen LogP contribution < -0.4 is 19.1 Å². The van der Waals surface area contributed by atoms with Crippen molar-refractivity contribution in [3.63, 3.8) is 0 Å². The van der Waals surface area contributed by atoms with Crippen LogP contribution in [0.4, 0.5) is 14.5 Å². The van der Waals surface area contributed by atoms with E-state index in [4.69, 9.17) is 14.2 Å². The summed E-state index contributed by atoms with van der Waals surface area (Å²) in [4.78, 5) is 15.1. The Balaban J connectivity index is 1.94. The number of halogens is 2. The molecule has 8 heteroatoms. The Kier molecular flexibility index (Phi) is 7.25. The Morgan fingerprint density at radius 2 is 1.74 bits per heavy atom. The van der Waals surface area contributed by atoms with Crippen molar-refractivity contribution in [2.24, 2.45) is 0 Å². The molecule has 0 fully saturated rings. The van der Waals surface area contributed by atoms with E-state index in [0.29, 0.717) is 22.8 Å². The van der Waals surface area contributed by atoms with Gasteiger partial charge in [-0.2, -0.15) is 0 Å². The summed E-state index contributed by atoms with van der Waals surface area (Å²) in [7, 11) is 4.49. The van der Waals surface area contributed by atoms with Crippen molar-refractivity contribution in [1.29, 1.82) is 0 Å². The van der Waals surface area contributed by atoms with Gasteiger partial charge >= 0.3 is 0 Å². The standard InChI is InChI=1S/C23H21F2NO4S/c1-28-20-11-15(12-21(29-2)23(20)30-3)6-9-22(27)26(14-17-5-4-10-31-17)19-8-7-16(24)13-18(19)25/h4-13H,14H2,1-3H3/b9-6+. The van der Waals surface area contributed by atoms with Crippen molar-refractivity contribution in [3.8, 4) is 17.2 Å². The minimum atomic E-state index is -0.814. The second-order valence-electron chi connectivity index (χ2n) is 6.39. The minimum absolute atomic E-state index is 0.00524. The van der Waals surface area contributed by atoms with Crippen molar-refractivity contribution in [1.82, 2.24) is 0 Å². The SMILES string of the molecule is COc1cc(/C=C/C(=O)N(Cc2cccs2)c2ccc(F)cc2F)cc(OC)c1OC. The van der Waals surface area contributed by atoms with Crippen LogP contribution in [0.1, 0.15) is 10.4 Å². The van der Waals surface area contributed by atoms with Gasteiger partial charge in [0.25, 0.3) is 5.91 Å². The van der Waals surface area contributed by atoms with Crippen LogP contribution in [-0.4, -0.2) is 27.2 Å². The highest BCUT2D eigenvalue weighted by Crippen LogP contribution is 2.38. The van der Waals surface area contributed by atoms with Crippen molar-refractivity contribution in [3.05, 3.63) is 76.0 Å². The number of carbonyl (C=O) groups is 1. The molecule has 5 nitrogen and oxygen atoms in total. The average molecular weight is 445 g/mol. The zero-order chi connectivity index (χ0) is 22.4. The van der Waals surface area contributed by atoms with Crippen LogP contribution in [0.2, 0.25) is 0 Å². The molecule has 2 aromatic carbocycles. The molecule has 1 aromatic heterocycles. The summed E-state index contributed by atoms with van der Waals surface area (Å²) in [6.07, 6.45) is 2.88. The molecule has 0 spiro atoms. The number of anilines is 1. The minimum Gasteiger partial charge on any atom is -0.493 e. The summed E-state index contributed by atoms with van der Waals surface area (Å²) in [5, 5.41) is 1.87. The van der Waals surface area contributed by atoms with E-state index in [-0.39, 0.29) is 12.2 Å². The van der Waals surface area contributed by atoms with E-state index in [2.05, 4.69) is 0 Å². The second-order valence-corrected chi connectivity index (χ2v) is 7.42. The van der Waals surface area contributed by atoms with E-state index in [1.807, 2.05) is 17.5 Å². The van der Waals surface area contributed by atoms with Gasteiger partial charge in [-0.25, -0.2) is 8.78 Å². The van der Waals surface area contributed by atoms with E-state index in [9.17, 15) is 13.6 Å². The normalized spacial score (nSPS) is 10.9. The molecule has 0 N–H and O–H groups in total. The van der Waals surface area contributed by atoms with E-state index < -0.39 is 17.5 Å². The lowest BCUT2D eigenvalue weighted by Gasteiger charge is -2.21. The van der Waals surface area contributed by atoms with E-state index in [1.165, 1.54) is 49.7 Å². The number of ether oxygens (including phenoxy) is 3. The molecule has 0 saturated heterocycles. The van der Waals surface area contributed by atoms with Gasteiger partial charge in [0.2, 0.25) is 5.75 Å². The third kappa shape index (κ3) is 5.21. The molecule has 1 heterocycles. The molecule has 0 atom stereocenters. The molecular weight excluding hydrogens is 424 g/mol. The zero-order valence-electron chi connectivity index (χ0n) is 17.2. The fourth-order valence-electron chi connectivity index (χ4n) is 3.00. The molecule has 0 unspecified atom stereocenters. The van der Waals surface area contributed by atoms with Crippen LogP contribution in [0.5, 0.6) is 17.2 Å². The number of carbonyl (C=O) groups excluding carboxylic acids is 1. The molecule has 0 aliphatic carbocycles. The number of nitrogens with zero attached hydrogens (tertiary/aromatic N) is 1. The van der Waals surface area contributed by atoms with E-state index >= 15 is 0 Å². The first-order chi connectivity index (χ1) is 15.0. The molecule has 0 bridgehead atoms. The largest absolute Gasteiger partial charge is 0.493 e. The van der Waals surface area contributed by atoms with Gasteiger partial charge in [-0.1, -0.05) is 6.07 Å². The monoisotopic (exact) mass is 445 g/mol. The highest BCUT2D eigenvalue weighted by Gasteiger charge is 2.19. The fraction of sp³-hybridized carbons (Fsp3) is 0.174. The van der Waals surface area contributed by atoms with Crippen molar-refractivity contribution < 1.29 is 27.8 Å². The highest BCUT2D eigenvalue weighted by atomic mass is 32.1. The number of methoxy groups -OCH3 is 3. The smallest absolute Gasteiger partial charge is 0.251 e. The Morgan fingerprint density at radius 1 is 1.03 bits per heavy atom. The van der Waals surface area contributed by atoms with Gasteiger partial charge in [0.05, 0.1) is 33.6 Å². The van der Waals surface area contributed by atoms with Crippen LogP contribution >= 0.6 is 11.3 Å². The summed E-state index contributed by atoms with van der Waals surface area (Å²) < 4.78 is 43.7. The van der Waals surface area contributed by atoms with Crippen LogP contribution in [0.15, 0.2) is 53.9 Å². The molecular formula is C23H21F2NO4S. The second kappa shape index (κ2) is 10.1. The molecule has 1 amide bonds. The number of hydrogen-bond acceptors (Lipinski definition) is 5. The summed E-state index contributed by atoms with van der Waals surface area (Å²) >= 11 is 1.44. The quantitative estimate of drug-likeness (QED) is 0.442. The van der Waals surface area contributed by atoms with Crippen LogP contribution in [-0.2, 0) is 11.3 Å². The van der Waals surface area contributed by atoms with Gasteiger partial charge in [-0.15, -0.1) is 11.3 Å². The molecule has 3 rings (SSSR count). The maximum atomic E-state index is 14.4. The maximum absolute atomic E-state index is 14.4. The third-order valence-electron chi connectivity index (χ3n) is 4.47. The first kappa shape index (κ1) is 22.3. The lowest BCUT2D eigenvalue weighted by Crippen LogP contribution is -2.29. The predicted molar refractivity (Wildman–Crippen MR) is 117 cm³/mol. The summed E-state index contributed by atoms with van der Waals surface area (Å²) in [6, 6.07) is 10.2. The lowest BCUT2D eigenvalue weighted by atomic mass is 10.1. The van der Waals surface area contributed by atoms with E-state index in [1.54, 1.807) is 18.2 Å². The van der Waals surface area contributed by atoms with Gasteiger partial charge in [0.1, 0.15) is 11.6 Å². The average Bonchev–Trinajstić information content (AvgIpc) is 3.28. The third-order valence-corrected chi connectivity index (χ3v) is 5.33. The topological polar surface area (TPSA) is 48.0 Å². The number of thiophene rings is 1. The first-order valence-corrected chi connectivity index (χ1v) is 10.1. The van der Waals surface area contributed by atoms with Crippen LogP contribution in [0.25, 0.3) is 6.08 Å². The lowest BCUT2D eigenvalue weighted by molar-refractivity contribution is -0.114. The van der Waals surface area contributed by atoms with E-state index in [0.717, 1.165) is 17.0 Å². The molecule has 3 aromatic rings. The molecule has 0 saturated carbocycles. The van der Waals surface area contributed by atoms with Gasteiger partial charge < -0.3 is 19.1 Å². The predicted octanol–water partition coefficient (Wildman–Crippen LogP) is 5.30.